The quantitative estimate of drug-likeness (QED) is 0.775. The zero-order valence-electron chi connectivity index (χ0n) is 15.1. The number of para-hydroxylation sites is 1. The van der Waals surface area contributed by atoms with Crippen molar-refractivity contribution in [2.75, 3.05) is 17.2 Å². The molecular weight excluding hydrogens is 335 g/mol. The lowest BCUT2D eigenvalue weighted by Gasteiger charge is -2.15. The first-order valence-corrected chi connectivity index (χ1v) is 8.49. The summed E-state index contributed by atoms with van der Waals surface area (Å²) in [5.74, 6) is -0.333. The van der Waals surface area contributed by atoms with Crippen molar-refractivity contribution in [3.63, 3.8) is 0 Å². The predicted octanol–water partition coefficient (Wildman–Crippen LogP) is 4.32. The van der Waals surface area contributed by atoms with E-state index in [-0.39, 0.29) is 18.2 Å². The lowest BCUT2D eigenvalue weighted by molar-refractivity contribution is -0.118. The molecule has 0 aliphatic carbocycles. The Morgan fingerprint density at radius 1 is 1.15 bits per heavy atom. The van der Waals surface area contributed by atoms with E-state index in [9.17, 15) is 14.0 Å². The van der Waals surface area contributed by atoms with Gasteiger partial charge in [-0.05, 0) is 42.2 Å². The molecule has 0 spiro atoms. The third kappa shape index (κ3) is 5.31. The molecular formula is C20H23FN2O3. The lowest BCUT2D eigenvalue weighted by atomic mass is 9.98. The summed E-state index contributed by atoms with van der Waals surface area (Å²) in [5, 5.41) is 5.01. The van der Waals surface area contributed by atoms with Gasteiger partial charge in [0.15, 0.2) is 6.61 Å². The Kier molecular flexibility index (Phi) is 6.72. The summed E-state index contributed by atoms with van der Waals surface area (Å²) in [4.78, 5) is 23.2. The largest absolute Gasteiger partial charge is 0.483 e. The second-order valence-corrected chi connectivity index (χ2v) is 6.06. The second kappa shape index (κ2) is 8.99. The van der Waals surface area contributed by atoms with Crippen LogP contribution in [-0.2, 0) is 9.59 Å². The highest BCUT2D eigenvalue weighted by atomic mass is 19.1. The van der Waals surface area contributed by atoms with Crippen LogP contribution < -0.4 is 15.4 Å². The maximum atomic E-state index is 13.6. The number of hydrogen-bond donors (Lipinski definition) is 2. The SMILES string of the molecule is CCC(C)c1ccccc1OCC(=O)Nc1ccc(F)c(NC(C)=O)c1. The van der Waals surface area contributed by atoms with Gasteiger partial charge < -0.3 is 15.4 Å². The van der Waals surface area contributed by atoms with E-state index in [4.69, 9.17) is 4.74 Å². The molecule has 26 heavy (non-hydrogen) atoms. The Labute approximate surface area is 152 Å². The van der Waals surface area contributed by atoms with E-state index < -0.39 is 11.7 Å². The monoisotopic (exact) mass is 358 g/mol. The van der Waals surface area contributed by atoms with E-state index in [1.54, 1.807) is 0 Å². The summed E-state index contributed by atoms with van der Waals surface area (Å²) < 4.78 is 19.3. The fourth-order valence-electron chi connectivity index (χ4n) is 2.47. The number of hydrogen-bond acceptors (Lipinski definition) is 3. The minimum Gasteiger partial charge on any atom is -0.483 e. The van der Waals surface area contributed by atoms with Gasteiger partial charge in [0.05, 0.1) is 5.69 Å². The molecule has 0 bridgehead atoms. The van der Waals surface area contributed by atoms with E-state index in [0.29, 0.717) is 17.4 Å². The molecule has 6 heteroatoms. The Morgan fingerprint density at radius 3 is 2.58 bits per heavy atom. The number of anilines is 2. The third-order valence-corrected chi connectivity index (χ3v) is 3.98. The number of ether oxygens (including phenoxy) is 1. The van der Waals surface area contributed by atoms with Crippen molar-refractivity contribution < 1.29 is 18.7 Å². The zero-order chi connectivity index (χ0) is 19.1. The molecule has 138 valence electrons. The van der Waals surface area contributed by atoms with Gasteiger partial charge >= 0.3 is 0 Å². The number of halogens is 1. The topological polar surface area (TPSA) is 67.4 Å². The number of carbonyl (C=O) groups excluding carboxylic acids is 2. The number of amides is 2. The first-order valence-electron chi connectivity index (χ1n) is 8.49. The average molecular weight is 358 g/mol. The van der Waals surface area contributed by atoms with Gasteiger partial charge in [-0.1, -0.05) is 32.0 Å². The Hall–Kier alpha value is -2.89. The van der Waals surface area contributed by atoms with E-state index in [0.717, 1.165) is 12.0 Å². The van der Waals surface area contributed by atoms with Gasteiger partial charge in [0.25, 0.3) is 5.91 Å². The first-order chi connectivity index (χ1) is 12.4. The predicted molar refractivity (Wildman–Crippen MR) is 100.0 cm³/mol. The highest BCUT2D eigenvalue weighted by molar-refractivity contribution is 5.94. The second-order valence-electron chi connectivity index (χ2n) is 6.06. The standard InChI is InChI=1S/C20H23FN2O3/c1-4-13(2)16-7-5-6-8-19(16)26-12-20(25)23-15-9-10-17(21)18(11-15)22-14(3)24/h5-11,13H,4,12H2,1-3H3,(H,22,24)(H,23,25). The molecule has 0 heterocycles. The van der Waals surface area contributed by atoms with Crippen molar-refractivity contribution in [2.45, 2.75) is 33.1 Å². The van der Waals surface area contributed by atoms with Crippen LogP contribution in [0.1, 0.15) is 38.7 Å². The van der Waals surface area contributed by atoms with Crippen molar-refractivity contribution in [3.8, 4) is 5.75 Å². The van der Waals surface area contributed by atoms with E-state index >= 15 is 0 Å². The highest BCUT2D eigenvalue weighted by Crippen LogP contribution is 2.28. The number of nitrogens with one attached hydrogen (secondary N) is 2. The van der Waals surface area contributed by atoms with Crippen molar-refractivity contribution in [1.82, 2.24) is 0 Å². The smallest absolute Gasteiger partial charge is 0.262 e. The Bertz CT molecular complexity index is 792. The summed E-state index contributed by atoms with van der Waals surface area (Å²) >= 11 is 0. The Morgan fingerprint density at radius 2 is 1.88 bits per heavy atom. The molecule has 1 unspecified atom stereocenters. The molecule has 2 N–H and O–H groups in total. The molecule has 0 saturated heterocycles. The summed E-state index contributed by atoms with van der Waals surface area (Å²) in [7, 11) is 0. The van der Waals surface area contributed by atoms with Gasteiger partial charge in [-0.2, -0.15) is 0 Å². The average Bonchev–Trinajstić information content (AvgIpc) is 2.62. The lowest BCUT2D eigenvalue weighted by Crippen LogP contribution is -2.21. The summed E-state index contributed by atoms with van der Waals surface area (Å²) in [6.45, 7) is 5.31. The first kappa shape index (κ1) is 19.4. The van der Waals surface area contributed by atoms with Crippen LogP contribution in [0, 0.1) is 5.82 Å². The maximum Gasteiger partial charge on any atom is 0.262 e. The minimum absolute atomic E-state index is 0.0123. The fraction of sp³-hybridized carbons (Fsp3) is 0.300. The fourth-order valence-corrected chi connectivity index (χ4v) is 2.47. The van der Waals surface area contributed by atoms with E-state index in [2.05, 4.69) is 24.5 Å². The van der Waals surface area contributed by atoms with Crippen LogP contribution in [0.2, 0.25) is 0 Å². The van der Waals surface area contributed by atoms with Crippen LogP contribution in [0.4, 0.5) is 15.8 Å². The molecule has 2 amide bonds. The molecule has 0 fully saturated rings. The third-order valence-electron chi connectivity index (χ3n) is 3.98. The van der Waals surface area contributed by atoms with Crippen molar-refractivity contribution in [1.29, 1.82) is 0 Å². The minimum atomic E-state index is -0.572. The van der Waals surface area contributed by atoms with Crippen LogP contribution in [0.5, 0.6) is 5.75 Å². The van der Waals surface area contributed by atoms with Gasteiger partial charge in [-0.3, -0.25) is 9.59 Å². The molecule has 0 aliphatic heterocycles. The molecule has 0 saturated carbocycles. The maximum absolute atomic E-state index is 13.6. The molecule has 1 atom stereocenters. The highest BCUT2D eigenvalue weighted by Gasteiger charge is 2.12. The molecule has 5 nitrogen and oxygen atoms in total. The van der Waals surface area contributed by atoms with E-state index in [1.165, 1.54) is 25.1 Å². The van der Waals surface area contributed by atoms with Gasteiger partial charge in [0.1, 0.15) is 11.6 Å². The molecule has 0 aromatic heterocycles. The van der Waals surface area contributed by atoms with Crippen molar-refractivity contribution >= 4 is 23.2 Å². The molecule has 2 aromatic rings. The summed E-state index contributed by atoms with van der Waals surface area (Å²) in [6, 6.07) is 11.6. The number of rotatable bonds is 7. The summed E-state index contributed by atoms with van der Waals surface area (Å²) in [6.07, 6.45) is 0.966. The summed E-state index contributed by atoms with van der Waals surface area (Å²) in [5.41, 5.74) is 1.44. The van der Waals surface area contributed by atoms with E-state index in [1.807, 2.05) is 24.3 Å². The normalized spacial score (nSPS) is 11.5. The van der Waals surface area contributed by atoms with Gasteiger partial charge in [0, 0.05) is 12.6 Å². The van der Waals surface area contributed by atoms with Gasteiger partial charge in [0.2, 0.25) is 5.91 Å². The van der Waals surface area contributed by atoms with Crippen LogP contribution in [-0.4, -0.2) is 18.4 Å². The number of carbonyl (C=O) groups is 2. The molecule has 2 rings (SSSR count). The zero-order valence-corrected chi connectivity index (χ0v) is 15.1. The Balaban J connectivity index is 2.01. The van der Waals surface area contributed by atoms with Crippen molar-refractivity contribution in [2.24, 2.45) is 0 Å². The number of benzene rings is 2. The molecule has 2 aromatic carbocycles. The van der Waals surface area contributed by atoms with Gasteiger partial charge in [-0.25, -0.2) is 4.39 Å². The van der Waals surface area contributed by atoms with Crippen LogP contribution in [0.15, 0.2) is 42.5 Å². The van der Waals surface area contributed by atoms with Crippen molar-refractivity contribution in [3.05, 3.63) is 53.8 Å². The molecule has 0 aliphatic rings. The molecule has 0 radical (unpaired) electrons. The van der Waals surface area contributed by atoms with Crippen LogP contribution >= 0.6 is 0 Å². The van der Waals surface area contributed by atoms with Gasteiger partial charge in [-0.15, -0.1) is 0 Å². The van der Waals surface area contributed by atoms with Crippen LogP contribution in [0.3, 0.4) is 0 Å². The van der Waals surface area contributed by atoms with Crippen LogP contribution in [0.25, 0.3) is 0 Å².